The molecular weight excluding hydrogens is 264 g/mol. The van der Waals surface area contributed by atoms with E-state index in [1.54, 1.807) is 6.20 Å². The van der Waals surface area contributed by atoms with Gasteiger partial charge in [0.2, 0.25) is 5.91 Å². The highest BCUT2D eigenvalue weighted by Gasteiger charge is 2.31. The molecule has 0 unspecified atom stereocenters. The molecule has 0 atom stereocenters. The average Bonchev–Trinajstić information content (AvgIpc) is 2.76. The van der Waals surface area contributed by atoms with Crippen molar-refractivity contribution in [2.24, 2.45) is 0 Å². The molecule has 5 nitrogen and oxygen atoms in total. The average molecular weight is 284 g/mol. The summed E-state index contributed by atoms with van der Waals surface area (Å²) < 4.78 is 0. The maximum atomic E-state index is 12.2. The number of aromatic nitrogens is 3. The summed E-state index contributed by atoms with van der Waals surface area (Å²) in [4.78, 5) is 18.2. The van der Waals surface area contributed by atoms with Crippen LogP contribution in [0.25, 0.3) is 0 Å². The molecule has 1 N–H and O–H groups in total. The zero-order chi connectivity index (χ0) is 14.8. The first-order valence-corrected chi connectivity index (χ1v) is 7.33. The van der Waals surface area contributed by atoms with Gasteiger partial charge in [-0.3, -0.25) is 14.9 Å². The van der Waals surface area contributed by atoms with Crippen LogP contribution in [-0.4, -0.2) is 39.1 Å². The van der Waals surface area contributed by atoms with Gasteiger partial charge in [-0.2, -0.15) is 5.10 Å². The molecule has 1 aliphatic rings. The van der Waals surface area contributed by atoms with E-state index in [0.29, 0.717) is 18.8 Å². The SMILES string of the molecule is Cc1[nH]nc(CCC(=O)N2CC(c3cccnc3)C2)c1C. The van der Waals surface area contributed by atoms with Crippen LogP contribution in [-0.2, 0) is 11.2 Å². The van der Waals surface area contributed by atoms with E-state index in [2.05, 4.69) is 21.2 Å². The van der Waals surface area contributed by atoms with Gasteiger partial charge in [-0.1, -0.05) is 6.07 Å². The fourth-order valence-electron chi connectivity index (χ4n) is 2.67. The summed E-state index contributed by atoms with van der Waals surface area (Å²) in [5.41, 5.74) is 4.48. The minimum atomic E-state index is 0.218. The van der Waals surface area contributed by atoms with Crippen molar-refractivity contribution in [3.8, 4) is 0 Å². The summed E-state index contributed by atoms with van der Waals surface area (Å²) in [6.45, 7) is 5.66. The summed E-state index contributed by atoms with van der Waals surface area (Å²) in [5, 5.41) is 7.21. The molecule has 3 rings (SSSR count). The van der Waals surface area contributed by atoms with Crippen molar-refractivity contribution >= 4 is 5.91 Å². The summed E-state index contributed by atoms with van der Waals surface area (Å²) in [6.07, 6.45) is 4.91. The lowest BCUT2D eigenvalue weighted by molar-refractivity contribution is -0.135. The van der Waals surface area contributed by atoms with E-state index in [1.165, 1.54) is 11.1 Å². The summed E-state index contributed by atoms with van der Waals surface area (Å²) >= 11 is 0. The number of nitrogens with zero attached hydrogens (tertiary/aromatic N) is 3. The van der Waals surface area contributed by atoms with E-state index in [1.807, 2.05) is 31.0 Å². The Kier molecular flexibility index (Phi) is 3.73. The fourth-order valence-corrected chi connectivity index (χ4v) is 2.67. The lowest BCUT2D eigenvalue weighted by atomic mass is 9.92. The largest absolute Gasteiger partial charge is 0.341 e. The third kappa shape index (κ3) is 2.82. The van der Waals surface area contributed by atoms with Crippen LogP contribution in [0, 0.1) is 13.8 Å². The number of likely N-dealkylation sites (tertiary alicyclic amines) is 1. The second-order valence-corrected chi connectivity index (χ2v) is 5.70. The highest BCUT2D eigenvalue weighted by molar-refractivity contribution is 5.77. The van der Waals surface area contributed by atoms with Gasteiger partial charge in [-0.05, 0) is 31.0 Å². The van der Waals surface area contributed by atoms with Crippen LogP contribution in [0.15, 0.2) is 24.5 Å². The van der Waals surface area contributed by atoms with Gasteiger partial charge in [0.1, 0.15) is 0 Å². The second kappa shape index (κ2) is 5.68. The predicted octanol–water partition coefficient (Wildman–Crippen LogP) is 1.98. The zero-order valence-corrected chi connectivity index (χ0v) is 12.5. The number of amides is 1. The van der Waals surface area contributed by atoms with Gasteiger partial charge >= 0.3 is 0 Å². The van der Waals surface area contributed by atoms with Crippen LogP contribution in [0.2, 0.25) is 0 Å². The molecule has 0 bridgehead atoms. The predicted molar refractivity (Wildman–Crippen MR) is 79.9 cm³/mol. The molecular formula is C16H20N4O. The van der Waals surface area contributed by atoms with Crippen molar-refractivity contribution in [2.75, 3.05) is 13.1 Å². The van der Waals surface area contributed by atoms with Crippen LogP contribution >= 0.6 is 0 Å². The minimum absolute atomic E-state index is 0.218. The third-order valence-electron chi connectivity index (χ3n) is 4.32. The van der Waals surface area contributed by atoms with E-state index in [0.717, 1.165) is 24.5 Å². The quantitative estimate of drug-likeness (QED) is 0.934. The van der Waals surface area contributed by atoms with Crippen LogP contribution in [0.4, 0.5) is 0 Å². The molecule has 1 fully saturated rings. The van der Waals surface area contributed by atoms with Gasteiger partial charge in [0.15, 0.2) is 0 Å². The number of carbonyl (C=O) groups is 1. The number of H-pyrrole nitrogens is 1. The normalized spacial score (nSPS) is 15.0. The molecule has 5 heteroatoms. The van der Waals surface area contributed by atoms with Crippen LogP contribution in [0.5, 0.6) is 0 Å². The summed E-state index contributed by atoms with van der Waals surface area (Å²) in [5.74, 6) is 0.659. The lowest BCUT2D eigenvalue weighted by Crippen LogP contribution is -2.48. The first kappa shape index (κ1) is 13.8. The highest BCUT2D eigenvalue weighted by Crippen LogP contribution is 2.27. The summed E-state index contributed by atoms with van der Waals surface area (Å²) in [6, 6.07) is 4.03. The molecule has 0 aliphatic carbocycles. The molecule has 1 saturated heterocycles. The van der Waals surface area contributed by atoms with Crippen molar-refractivity contribution in [3.63, 3.8) is 0 Å². The molecule has 1 amide bonds. The maximum absolute atomic E-state index is 12.2. The molecule has 0 spiro atoms. The number of carbonyl (C=O) groups excluding carboxylic acids is 1. The number of pyridine rings is 1. The van der Waals surface area contributed by atoms with Gasteiger partial charge in [0.25, 0.3) is 0 Å². The molecule has 0 saturated carbocycles. The van der Waals surface area contributed by atoms with E-state index < -0.39 is 0 Å². The molecule has 2 aromatic rings. The molecule has 1 aliphatic heterocycles. The smallest absolute Gasteiger partial charge is 0.223 e. The van der Waals surface area contributed by atoms with Gasteiger partial charge in [0, 0.05) is 49.9 Å². The monoisotopic (exact) mass is 284 g/mol. The molecule has 0 aromatic carbocycles. The number of hydrogen-bond donors (Lipinski definition) is 1. The van der Waals surface area contributed by atoms with Crippen molar-refractivity contribution < 1.29 is 4.79 Å². The Morgan fingerprint density at radius 2 is 2.24 bits per heavy atom. The van der Waals surface area contributed by atoms with Crippen LogP contribution < -0.4 is 0 Å². The van der Waals surface area contributed by atoms with E-state index in [9.17, 15) is 4.79 Å². The van der Waals surface area contributed by atoms with Crippen molar-refractivity contribution in [1.82, 2.24) is 20.1 Å². The standard InChI is InChI=1S/C16H20N4O/c1-11-12(2)18-19-15(11)5-6-16(21)20-9-14(10-20)13-4-3-7-17-8-13/h3-4,7-8,14H,5-6,9-10H2,1-2H3,(H,18,19). The first-order valence-electron chi connectivity index (χ1n) is 7.33. The molecule has 21 heavy (non-hydrogen) atoms. The first-order chi connectivity index (χ1) is 10.1. The maximum Gasteiger partial charge on any atom is 0.223 e. The number of nitrogens with one attached hydrogen (secondary N) is 1. The Morgan fingerprint density at radius 1 is 1.43 bits per heavy atom. The minimum Gasteiger partial charge on any atom is -0.341 e. The Labute approximate surface area is 124 Å². The second-order valence-electron chi connectivity index (χ2n) is 5.70. The Hall–Kier alpha value is -2.17. The van der Waals surface area contributed by atoms with E-state index in [-0.39, 0.29) is 5.91 Å². The fraction of sp³-hybridized carbons (Fsp3) is 0.438. The highest BCUT2D eigenvalue weighted by atomic mass is 16.2. The van der Waals surface area contributed by atoms with Gasteiger partial charge < -0.3 is 4.90 Å². The summed E-state index contributed by atoms with van der Waals surface area (Å²) in [7, 11) is 0. The lowest BCUT2D eigenvalue weighted by Gasteiger charge is -2.39. The molecule has 110 valence electrons. The van der Waals surface area contributed by atoms with Crippen molar-refractivity contribution in [3.05, 3.63) is 47.0 Å². The topological polar surface area (TPSA) is 61.9 Å². The van der Waals surface area contributed by atoms with E-state index >= 15 is 0 Å². The molecule has 2 aromatic heterocycles. The number of aromatic amines is 1. The van der Waals surface area contributed by atoms with Crippen molar-refractivity contribution in [1.29, 1.82) is 0 Å². The third-order valence-corrected chi connectivity index (χ3v) is 4.32. The van der Waals surface area contributed by atoms with Crippen molar-refractivity contribution in [2.45, 2.75) is 32.6 Å². The molecule has 0 radical (unpaired) electrons. The zero-order valence-electron chi connectivity index (χ0n) is 12.5. The Bertz CT molecular complexity index is 629. The van der Waals surface area contributed by atoms with E-state index in [4.69, 9.17) is 0 Å². The van der Waals surface area contributed by atoms with Gasteiger partial charge in [0.05, 0.1) is 5.69 Å². The number of rotatable bonds is 4. The Morgan fingerprint density at radius 3 is 2.86 bits per heavy atom. The van der Waals surface area contributed by atoms with Crippen LogP contribution in [0.3, 0.4) is 0 Å². The molecule has 3 heterocycles. The van der Waals surface area contributed by atoms with Gasteiger partial charge in [-0.25, -0.2) is 0 Å². The van der Waals surface area contributed by atoms with Crippen LogP contribution in [0.1, 0.15) is 34.9 Å². The number of hydrogen-bond acceptors (Lipinski definition) is 3. The van der Waals surface area contributed by atoms with Gasteiger partial charge in [-0.15, -0.1) is 0 Å². The number of aryl methyl sites for hydroxylation is 2. The Balaban J connectivity index is 1.49.